The Hall–Kier alpha value is -1.18. The van der Waals surface area contributed by atoms with E-state index in [1.54, 1.807) is 19.9 Å². The molecule has 0 radical (unpaired) electrons. The molecule has 0 bridgehead atoms. The van der Waals surface area contributed by atoms with Gasteiger partial charge in [0.2, 0.25) is 0 Å². The van der Waals surface area contributed by atoms with Crippen LogP contribution in [0.4, 0.5) is 4.39 Å². The van der Waals surface area contributed by atoms with Crippen LogP contribution >= 0.6 is 0 Å². The summed E-state index contributed by atoms with van der Waals surface area (Å²) in [5.41, 5.74) is 1.66. The molecule has 14 heavy (non-hydrogen) atoms. The van der Waals surface area contributed by atoms with Gasteiger partial charge in [0.05, 0.1) is 0 Å². The minimum Gasteiger partial charge on any atom is -0.300 e. The van der Waals surface area contributed by atoms with Crippen LogP contribution < -0.4 is 0 Å². The van der Waals surface area contributed by atoms with Crippen molar-refractivity contribution in [3.05, 3.63) is 35.1 Å². The van der Waals surface area contributed by atoms with Crippen molar-refractivity contribution in [1.82, 2.24) is 0 Å². The number of benzene rings is 1. The predicted octanol–water partition coefficient (Wildman–Crippen LogP) is 3.22. The molecule has 0 fully saturated rings. The van der Waals surface area contributed by atoms with Crippen molar-refractivity contribution >= 4 is 5.78 Å². The SMILES string of the molecule is CC(=O)CC(C)c1ccc(F)c(C)c1. The number of aryl methyl sites for hydroxylation is 1. The standard InChI is InChI=1S/C12H15FO/c1-8(6-10(3)14)11-4-5-12(13)9(2)7-11/h4-5,7-8H,6H2,1-3H3. The zero-order valence-corrected chi connectivity index (χ0v) is 8.80. The second-order valence-corrected chi connectivity index (χ2v) is 3.82. The van der Waals surface area contributed by atoms with Crippen LogP contribution in [0.25, 0.3) is 0 Å². The second kappa shape index (κ2) is 4.36. The summed E-state index contributed by atoms with van der Waals surface area (Å²) in [4.78, 5) is 10.9. The van der Waals surface area contributed by atoms with E-state index >= 15 is 0 Å². The van der Waals surface area contributed by atoms with Gasteiger partial charge in [-0.25, -0.2) is 4.39 Å². The Morgan fingerprint density at radius 3 is 2.64 bits per heavy atom. The lowest BCUT2D eigenvalue weighted by Gasteiger charge is -2.10. The molecule has 2 heteroatoms. The Kier molecular flexibility index (Phi) is 3.39. The first kappa shape index (κ1) is 10.9. The molecule has 1 aromatic rings. The molecule has 0 saturated heterocycles. The van der Waals surface area contributed by atoms with Gasteiger partial charge >= 0.3 is 0 Å². The summed E-state index contributed by atoms with van der Waals surface area (Å²) >= 11 is 0. The predicted molar refractivity (Wildman–Crippen MR) is 54.9 cm³/mol. The van der Waals surface area contributed by atoms with Gasteiger partial charge in [-0.3, -0.25) is 0 Å². The molecule has 0 saturated carbocycles. The molecule has 1 nitrogen and oxygen atoms in total. The second-order valence-electron chi connectivity index (χ2n) is 3.82. The third kappa shape index (κ3) is 2.66. The molecule has 1 rings (SSSR count). The summed E-state index contributed by atoms with van der Waals surface area (Å²) in [6.07, 6.45) is 0.519. The molecule has 0 aliphatic rings. The maximum absolute atomic E-state index is 13.0. The number of halogens is 1. The molecule has 0 heterocycles. The number of hydrogen-bond donors (Lipinski definition) is 0. The quantitative estimate of drug-likeness (QED) is 0.722. The summed E-state index contributed by atoms with van der Waals surface area (Å²) in [6.45, 7) is 5.29. The van der Waals surface area contributed by atoms with Crippen LogP contribution in [0.1, 0.15) is 37.3 Å². The highest BCUT2D eigenvalue weighted by Crippen LogP contribution is 2.21. The molecule has 0 aliphatic carbocycles. The topological polar surface area (TPSA) is 17.1 Å². The van der Waals surface area contributed by atoms with Crippen molar-refractivity contribution in [1.29, 1.82) is 0 Å². The zero-order valence-electron chi connectivity index (χ0n) is 8.80. The Balaban J connectivity index is 2.85. The zero-order chi connectivity index (χ0) is 10.7. The largest absolute Gasteiger partial charge is 0.300 e. The number of carbonyl (C=O) groups excluding carboxylic acids is 1. The third-order valence-corrected chi connectivity index (χ3v) is 2.34. The van der Waals surface area contributed by atoms with E-state index in [1.165, 1.54) is 6.07 Å². The number of ketones is 1. The Morgan fingerprint density at radius 1 is 1.50 bits per heavy atom. The Bertz CT molecular complexity index is 344. The van der Waals surface area contributed by atoms with E-state index in [2.05, 4.69) is 0 Å². The van der Waals surface area contributed by atoms with Gasteiger partial charge in [0, 0.05) is 6.42 Å². The number of Topliss-reactive ketones (excluding diaryl/α,β-unsaturated/α-hetero) is 1. The van der Waals surface area contributed by atoms with Crippen molar-refractivity contribution < 1.29 is 9.18 Å². The van der Waals surface area contributed by atoms with Gasteiger partial charge < -0.3 is 4.79 Å². The summed E-state index contributed by atoms with van der Waals surface area (Å²) in [6, 6.07) is 5.01. The summed E-state index contributed by atoms with van der Waals surface area (Å²) < 4.78 is 13.0. The van der Waals surface area contributed by atoms with Crippen molar-refractivity contribution in [3.8, 4) is 0 Å². The Labute approximate surface area is 83.9 Å². The van der Waals surface area contributed by atoms with E-state index in [-0.39, 0.29) is 17.5 Å². The van der Waals surface area contributed by atoms with Crippen molar-refractivity contribution in [2.45, 2.75) is 33.1 Å². The van der Waals surface area contributed by atoms with Crippen LogP contribution in [-0.2, 0) is 4.79 Å². The fourth-order valence-corrected chi connectivity index (χ4v) is 1.52. The van der Waals surface area contributed by atoms with E-state index in [1.807, 2.05) is 13.0 Å². The molecule has 1 unspecified atom stereocenters. The van der Waals surface area contributed by atoms with E-state index in [9.17, 15) is 9.18 Å². The van der Waals surface area contributed by atoms with Gasteiger partial charge in [-0.15, -0.1) is 0 Å². The van der Waals surface area contributed by atoms with E-state index in [0.717, 1.165) is 5.56 Å². The minimum atomic E-state index is -0.191. The smallest absolute Gasteiger partial charge is 0.130 e. The lowest BCUT2D eigenvalue weighted by molar-refractivity contribution is -0.117. The highest BCUT2D eigenvalue weighted by atomic mass is 19.1. The van der Waals surface area contributed by atoms with Crippen LogP contribution in [0.2, 0.25) is 0 Å². The lowest BCUT2D eigenvalue weighted by atomic mass is 9.95. The first-order valence-corrected chi connectivity index (χ1v) is 4.76. The van der Waals surface area contributed by atoms with Gasteiger partial charge in [0.1, 0.15) is 11.6 Å². The van der Waals surface area contributed by atoms with Crippen LogP contribution in [0.5, 0.6) is 0 Å². The molecule has 1 atom stereocenters. The highest BCUT2D eigenvalue weighted by molar-refractivity contribution is 5.76. The molecule has 0 amide bonds. The summed E-state index contributed by atoms with van der Waals surface area (Å²) in [5, 5.41) is 0. The van der Waals surface area contributed by atoms with E-state index < -0.39 is 0 Å². The molecule has 0 aromatic heterocycles. The highest BCUT2D eigenvalue weighted by Gasteiger charge is 2.09. The molecule has 0 N–H and O–H groups in total. The van der Waals surface area contributed by atoms with Gasteiger partial charge in [-0.05, 0) is 37.0 Å². The van der Waals surface area contributed by atoms with Crippen LogP contribution in [0.3, 0.4) is 0 Å². The van der Waals surface area contributed by atoms with Crippen molar-refractivity contribution in [2.75, 3.05) is 0 Å². The van der Waals surface area contributed by atoms with Crippen LogP contribution in [0, 0.1) is 12.7 Å². The van der Waals surface area contributed by atoms with E-state index in [4.69, 9.17) is 0 Å². The van der Waals surface area contributed by atoms with Crippen LogP contribution in [0.15, 0.2) is 18.2 Å². The van der Waals surface area contributed by atoms with Crippen molar-refractivity contribution in [2.24, 2.45) is 0 Å². The monoisotopic (exact) mass is 194 g/mol. The first-order chi connectivity index (χ1) is 6.50. The summed E-state index contributed by atoms with van der Waals surface area (Å²) in [5.74, 6) is 0.148. The molecular weight excluding hydrogens is 179 g/mol. The average molecular weight is 194 g/mol. The van der Waals surface area contributed by atoms with Gasteiger partial charge in [0.25, 0.3) is 0 Å². The number of rotatable bonds is 3. The fourth-order valence-electron chi connectivity index (χ4n) is 1.52. The van der Waals surface area contributed by atoms with Gasteiger partial charge in [0.15, 0.2) is 0 Å². The maximum atomic E-state index is 13.0. The van der Waals surface area contributed by atoms with Gasteiger partial charge in [-0.1, -0.05) is 19.1 Å². The minimum absolute atomic E-state index is 0.166. The average Bonchev–Trinajstić information content (AvgIpc) is 2.08. The number of carbonyl (C=O) groups is 1. The summed E-state index contributed by atoms with van der Waals surface area (Å²) in [7, 11) is 0. The molecule has 1 aromatic carbocycles. The first-order valence-electron chi connectivity index (χ1n) is 4.76. The Morgan fingerprint density at radius 2 is 2.14 bits per heavy atom. The van der Waals surface area contributed by atoms with Gasteiger partial charge in [-0.2, -0.15) is 0 Å². The van der Waals surface area contributed by atoms with E-state index in [0.29, 0.717) is 12.0 Å². The number of hydrogen-bond acceptors (Lipinski definition) is 1. The molecular formula is C12H15FO. The molecule has 76 valence electrons. The lowest BCUT2D eigenvalue weighted by Crippen LogP contribution is -2.01. The van der Waals surface area contributed by atoms with Crippen molar-refractivity contribution in [3.63, 3.8) is 0 Å². The fraction of sp³-hybridized carbons (Fsp3) is 0.417. The molecule has 0 spiro atoms. The molecule has 0 aliphatic heterocycles. The van der Waals surface area contributed by atoms with Crippen LogP contribution in [-0.4, -0.2) is 5.78 Å². The normalized spacial score (nSPS) is 12.6. The maximum Gasteiger partial charge on any atom is 0.130 e. The third-order valence-electron chi connectivity index (χ3n) is 2.34.